The van der Waals surface area contributed by atoms with E-state index in [-0.39, 0.29) is 12.4 Å². The van der Waals surface area contributed by atoms with Crippen LogP contribution < -0.4 is 4.74 Å². The van der Waals surface area contributed by atoms with E-state index in [1.54, 1.807) is 7.11 Å². The monoisotopic (exact) mass is 285 g/mol. The Morgan fingerprint density at radius 3 is 2.60 bits per heavy atom. The van der Waals surface area contributed by atoms with Gasteiger partial charge in [0.05, 0.1) is 24.7 Å². The maximum Gasteiger partial charge on any atom is 0.342 e. The molecule has 0 bridgehead atoms. The molecule has 0 aliphatic carbocycles. The Kier molecular flexibility index (Phi) is 6.41. The van der Waals surface area contributed by atoms with Crippen molar-refractivity contribution in [3.05, 3.63) is 33.9 Å². The fourth-order valence-electron chi connectivity index (χ4n) is 1.40. The SMILES string of the molecule is COCCOCCOc1ccc([N+](=O)[O-])c(C(=O)O)c1. The van der Waals surface area contributed by atoms with Crippen molar-refractivity contribution >= 4 is 11.7 Å². The molecule has 0 saturated heterocycles. The molecular weight excluding hydrogens is 270 g/mol. The zero-order chi connectivity index (χ0) is 15.0. The van der Waals surface area contributed by atoms with Gasteiger partial charge in [-0.1, -0.05) is 0 Å². The van der Waals surface area contributed by atoms with Crippen LogP contribution in [0.4, 0.5) is 5.69 Å². The van der Waals surface area contributed by atoms with Crippen molar-refractivity contribution < 1.29 is 29.0 Å². The van der Waals surface area contributed by atoms with Gasteiger partial charge in [0.1, 0.15) is 17.9 Å². The van der Waals surface area contributed by atoms with E-state index in [1.807, 2.05) is 0 Å². The van der Waals surface area contributed by atoms with E-state index < -0.39 is 22.1 Å². The van der Waals surface area contributed by atoms with Crippen molar-refractivity contribution in [3.8, 4) is 5.75 Å². The molecule has 8 heteroatoms. The lowest BCUT2D eigenvalue weighted by Crippen LogP contribution is -2.10. The zero-order valence-corrected chi connectivity index (χ0v) is 10.9. The Morgan fingerprint density at radius 2 is 2.00 bits per heavy atom. The summed E-state index contributed by atoms with van der Waals surface area (Å²) in [6.07, 6.45) is 0. The maximum absolute atomic E-state index is 10.9. The second-order valence-electron chi connectivity index (χ2n) is 3.69. The summed E-state index contributed by atoms with van der Waals surface area (Å²) < 4.78 is 15.2. The van der Waals surface area contributed by atoms with Gasteiger partial charge in [0.2, 0.25) is 0 Å². The molecule has 1 N–H and O–H groups in total. The number of nitro groups is 1. The van der Waals surface area contributed by atoms with Crippen LogP contribution in [0.3, 0.4) is 0 Å². The summed E-state index contributed by atoms with van der Waals surface area (Å²) in [5.74, 6) is -1.14. The van der Waals surface area contributed by atoms with E-state index in [4.69, 9.17) is 19.3 Å². The van der Waals surface area contributed by atoms with Gasteiger partial charge in [0.25, 0.3) is 5.69 Å². The third-order valence-electron chi connectivity index (χ3n) is 2.32. The van der Waals surface area contributed by atoms with E-state index in [2.05, 4.69) is 0 Å². The molecule has 110 valence electrons. The van der Waals surface area contributed by atoms with Crippen molar-refractivity contribution in [2.45, 2.75) is 0 Å². The lowest BCUT2D eigenvalue weighted by Gasteiger charge is -2.07. The van der Waals surface area contributed by atoms with Crippen LogP contribution >= 0.6 is 0 Å². The fourth-order valence-corrected chi connectivity index (χ4v) is 1.40. The van der Waals surface area contributed by atoms with Crippen molar-refractivity contribution in [1.29, 1.82) is 0 Å². The quantitative estimate of drug-likeness (QED) is 0.414. The summed E-state index contributed by atoms with van der Waals surface area (Å²) in [6, 6.07) is 3.57. The first-order valence-electron chi connectivity index (χ1n) is 5.77. The van der Waals surface area contributed by atoms with Gasteiger partial charge in [-0.05, 0) is 6.07 Å². The smallest absolute Gasteiger partial charge is 0.342 e. The van der Waals surface area contributed by atoms with E-state index in [9.17, 15) is 14.9 Å². The van der Waals surface area contributed by atoms with Gasteiger partial charge in [-0.3, -0.25) is 10.1 Å². The Morgan fingerprint density at radius 1 is 1.30 bits per heavy atom. The molecule has 0 saturated carbocycles. The standard InChI is InChI=1S/C12H15NO7/c1-18-4-5-19-6-7-20-9-2-3-11(13(16)17)10(8-9)12(14)15/h2-3,8H,4-7H2,1H3,(H,14,15). The molecular formula is C12H15NO7. The predicted molar refractivity (Wildman–Crippen MR) is 68.2 cm³/mol. The highest BCUT2D eigenvalue weighted by Crippen LogP contribution is 2.24. The number of nitro benzene ring substituents is 1. The van der Waals surface area contributed by atoms with Gasteiger partial charge >= 0.3 is 5.97 Å². The number of carboxylic acids is 1. The molecule has 0 aliphatic rings. The molecule has 0 unspecified atom stereocenters. The van der Waals surface area contributed by atoms with Crippen LogP contribution in [0.15, 0.2) is 18.2 Å². The topological polar surface area (TPSA) is 108 Å². The Balaban J connectivity index is 2.57. The van der Waals surface area contributed by atoms with Crippen molar-refractivity contribution in [2.24, 2.45) is 0 Å². The minimum Gasteiger partial charge on any atom is -0.491 e. The largest absolute Gasteiger partial charge is 0.491 e. The third-order valence-corrected chi connectivity index (χ3v) is 2.32. The molecule has 0 radical (unpaired) electrons. The molecule has 1 aromatic carbocycles. The van der Waals surface area contributed by atoms with Crippen LogP contribution in [0.25, 0.3) is 0 Å². The third kappa shape index (κ3) is 4.82. The van der Waals surface area contributed by atoms with Gasteiger partial charge in [0.15, 0.2) is 0 Å². The van der Waals surface area contributed by atoms with E-state index in [0.717, 1.165) is 12.1 Å². The molecule has 0 amide bonds. The van der Waals surface area contributed by atoms with Crippen molar-refractivity contribution in [3.63, 3.8) is 0 Å². The lowest BCUT2D eigenvalue weighted by molar-refractivity contribution is -0.385. The Hall–Kier alpha value is -2.19. The molecule has 0 aromatic heterocycles. The van der Waals surface area contributed by atoms with E-state index in [1.165, 1.54) is 6.07 Å². The number of carboxylic acid groups (broad SMARTS) is 1. The molecule has 0 heterocycles. The number of hydrogen-bond donors (Lipinski definition) is 1. The van der Waals surface area contributed by atoms with Crippen LogP contribution in [-0.2, 0) is 9.47 Å². The number of nitrogens with zero attached hydrogens (tertiary/aromatic N) is 1. The number of ether oxygens (including phenoxy) is 3. The number of aromatic carboxylic acids is 1. The number of carbonyl (C=O) groups is 1. The average molecular weight is 285 g/mol. The van der Waals surface area contributed by atoms with Crippen molar-refractivity contribution in [2.75, 3.05) is 33.5 Å². The van der Waals surface area contributed by atoms with Crippen LogP contribution in [0.5, 0.6) is 5.75 Å². The van der Waals surface area contributed by atoms with Crippen LogP contribution in [0.2, 0.25) is 0 Å². The second-order valence-corrected chi connectivity index (χ2v) is 3.69. The first kappa shape index (κ1) is 15.9. The Labute approximate surface area is 115 Å². The summed E-state index contributed by atoms with van der Waals surface area (Å²) in [5, 5.41) is 19.6. The summed E-state index contributed by atoms with van der Waals surface area (Å²) >= 11 is 0. The first-order chi connectivity index (χ1) is 9.56. The second kappa shape index (κ2) is 8.08. The number of methoxy groups -OCH3 is 1. The highest BCUT2D eigenvalue weighted by molar-refractivity contribution is 5.92. The maximum atomic E-state index is 10.9. The number of rotatable bonds is 9. The molecule has 0 spiro atoms. The molecule has 0 aliphatic heterocycles. The van der Waals surface area contributed by atoms with E-state index in [0.29, 0.717) is 19.8 Å². The molecule has 1 aromatic rings. The highest BCUT2D eigenvalue weighted by atomic mass is 16.6. The highest BCUT2D eigenvalue weighted by Gasteiger charge is 2.20. The van der Waals surface area contributed by atoms with E-state index >= 15 is 0 Å². The molecule has 8 nitrogen and oxygen atoms in total. The minimum absolute atomic E-state index is 0.209. The van der Waals surface area contributed by atoms with Gasteiger partial charge in [-0.15, -0.1) is 0 Å². The van der Waals surface area contributed by atoms with Crippen LogP contribution in [0, 0.1) is 10.1 Å². The summed E-state index contributed by atoms with van der Waals surface area (Å²) in [7, 11) is 1.56. The average Bonchev–Trinajstić information content (AvgIpc) is 2.42. The van der Waals surface area contributed by atoms with Gasteiger partial charge in [-0.2, -0.15) is 0 Å². The summed E-state index contributed by atoms with van der Waals surface area (Å²) in [6.45, 7) is 1.42. The summed E-state index contributed by atoms with van der Waals surface area (Å²) in [5.41, 5.74) is -0.881. The lowest BCUT2D eigenvalue weighted by atomic mass is 10.2. The minimum atomic E-state index is -1.38. The van der Waals surface area contributed by atoms with Gasteiger partial charge in [-0.25, -0.2) is 4.79 Å². The normalized spacial score (nSPS) is 10.2. The molecule has 20 heavy (non-hydrogen) atoms. The zero-order valence-electron chi connectivity index (χ0n) is 10.9. The predicted octanol–water partition coefficient (Wildman–Crippen LogP) is 1.33. The van der Waals surface area contributed by atoms with Gasteiger partial charge < -0.3 is 19.3 Å². The number of benzene rings is 1. The van der Waals surface area contributed by atoms with Gasteiger partial charge in [0, 0.05) is 19.2 Å². The van der Waals surface area contributed by atoms with Crippen LogP contribution in [-0.4, -0.2) is 49.5 Å². The number of hydrogen-bond acceptors (Lipinski definition) is 6. The first-order valence-corrected chi connectivity index (χ1v) is 5.77. The van der Waals surface area contributed by atoms with Crippen molar-refractivity contribution in [1.82, 2.24) is 0 Å². The molecule has 0 fully saturated rings. The Bertz CT molecular complexity index is 475. The summed E-state index contributed by atoms with van der Waals surface area (Å²) in [4.78, 5) is 20.8. The molecule has 1 rings (SSSR count). The van der Waals surface area contributed by atoms with Crippen LogP contribution in [0.1, 0.15) is 10.4 Å². The fraction of sp³-hybridized carbons (Fsp3) is 0.417. The molecule has 0 atom stereocenters.